The first kappa shape index (κ1) is 20.6. The number of hydrogen-bond acceptors (Lipinski definition) is 5. The highest BCUT2D eigenvalue weighted by Crippen LogP contribution is 2.35. The van der Waals surface area contributed by atoms with Crippen molar-refractivity contribution >= 4 is 41.2 Å². The van der Waals surface area contributed by atoms with Crippen molar-refractivity contribution in [1.82, 2.24) is 5.43 Å². The maximum absolute atomic E-state index is 11.9. The molecule has 0 aliphatic heterocycles. The molecule has 1 N–H and O–H groups in total. The van der Waals surface area contributed by atoms with E-state index >= 15 is 0 Å². The number of hydrazone groups is 1. The fraction of sp³-hybridized carbons (Fsp3) is 0.0476. The summed E-state index contributed by atoms with van der Waals surface area (Å²) >= 11 is 7.15. The van der Waals surface area contributed by atoms with Crippen LogP contribution in [0.25, 0.3) is 0 Å². The van der Waals surface area contributed by atoms with Crippen LogP contribution in [-0.4, -0.2) is 17.0 Å². The van der Waals surface area contributed by atoms with Crippen LogP contribution in [0.5, 0.6) is 0 Å². The third-order valence-corrected chi connectivity index (χ3v) is 5.16. The molecule has 0 saturated heterocycles. The van der Waals surface area contributed by atoms with Gasteiger partial charge in [-0.1, -0.05) is 59.8 Å². The van der Waals surface area contributed by atoms with E-state index in [9.17, 15) is 14.9 Å². The van der Waals surface area contributed by atoms with Gasteiger partial charge in [0.1, 0.15) is 0 Å². The van der Waals surface area contributed by atoms with Gasteiger partial charge in [-0.05, 0) is 35.9 Å². The third-order valence-electron chi connectivity index (χ3n) is 3.83. The Morgan fingerprint density at radius 3 is 2.52 bits per heavy atom. The Balaban J connectivity index is 1.67. The lowest BCUT2D eigenvalue weighted by atomic mass is 10.1. The van der Waals surface area contributed by atoms with Crippen LogP contribution in [0.15, 0.2) is 87.7 Å². The summed E-state index contributed by atoms with van der Waals surface area (Å²) in [7, 11) is 0. The van der Waals surface area contributed by atoms with Crippen molar-refractivity contribution in [3.8, 4) is 0 Å². The minimum Gasteiger partial charge on any atom is -0.273 e. The van der Waals surface area contributed by atoms with Crippen molar-refractivity contribution in [3.05, 3.63) is 99.1 Å². The van der Waals surface area contributed by atoms with E-state index < -0.39 is 4.92 Å². The zero-order chi connectivity index (χ0) is 20.6. The molecule has 0 unspecified atom stereocenters. The van der Waals surface area contributed by atoms with Gasteiger partial charge < -0.3 is 0 Å². The van der Waals surface area contributed by atoms with E-state index in [0.717, 1.165) is 10.5 Å². The second-order valence-corrected chi connectivity index (χ2v) is 7.55. The lowest BCUT2D eigenvalue weighted by Gasteiger charge is -2.04. The average molecular weight is 426 g/mol. The van der Waals surface area contributed by atoms with Crippen LogP contribution in [0, 0.1) is 10.1 Å². The standard InChI is InChI=1S/C21H16ClN3O3S/c22-17-7-9-18(10-8-17)29-20-11-6-16(12-19(20)25(27)28)14-23-24-21(26)13-15-4-2-1-3-5-15/h1-12,14H,13H2,(H,24,26)/b23-14-. The molecule has 3 rings (SSSR count). The number of benzene rings is 3. The topological polar surface area (TPSA) is 84.6 Å². The monoisotopic (exact) mass is 425 g/mol. The largest absolute Gasteiger partial charge is 0.283 e. The highest BCUT2D eigenvalue weighted by Gasteiger charge is 2.15. The first-order valence-electron chi connectivity index (χ1n) is 8.59. The van der Waals surface area contributed by atoms with Crippen LogP contribution in [0.1, 0.15) is 11.1 Å². The van der Waals surface area contributed by atoms with E-state index in [-0.39, 0.29) is 18.0 Å². The van der Waals surface area contributed by atoms with Crippen molar-refractivity contribution in [1.29, 1.82) is 0 Å². The molecule has 0 aliphatic carbocycles. The van der Waals surface area contributed by atoms with Crippen LogP contribution >= 0.6 is 23.4 Å². The molecule has 8 heteroatoms. The third kappa shape index (κ3) is 6.17. The number of carbonyl (C=O) groups excluding carboxylic acids is 1. The van der Waals surface area contributed by atoms with Gasteiger partial charge in [-0.15, -0.1) is 0 Å². The highest BCUT2D eigenvalue weighted by molar-refractivity contribution is 7.99. The molecule has 6 nitrogen and oxygen atoms in total. The molecule has 0 aromatic heterocycles. The van der Waals surface area contributed by atoms with Crippen molar-refractivity contribution in [3.63, 3.8) is 0 Å². The van der Waals surface area contributed by atoms with E-state index in [4.69, 9.17) is 11.6 Å². The first-order chi connectivity index (χ1) is 14.0. The van der Waals surface area contributed by atoms with Gasteiger partial charge in [-0.25, -0.2) is 5.43 Å². The van der Waals surface area contributed by atoms with Gasteiger partial charge in [-0.3, -0.25) is 14.9 Å². The molecule has 0 saturated carbocycles. The second-order valence-electron chi connectivity index (χ2n) is 6.00. The van der Waals surface area contributed by atoms with Gasteiger partial charge in [0.15, 0.2) is 0 Å². The quantitative estimate of drug-likeness (QED) is 0.324. The lowest BCUT2D eigenvalue weighted by molar-refractivity contribution is -0.387. The fourth-order valence-corrected chi connectivity index (χ4v) is 3.50. The number of halogens is 1. The lowest BCUT2D eigenvalue weighted by Crippen LogP contribution is -2.19. The molecule has 0 fully saturated rings. The van der Waals surface area contributed by atoms with Crippen molar-refractivity contribution in [2.24, 2.45) is 5.10 Å². The molecule has 29 heavy (non-hydrogen) atoms. The maximum Gasteiger partial charge on any atom is 0.283 e. The zero-order valence-electron chi connectivity index (χ0n) is 15.1. The average Bonchev–Trinajstić information content (AvgIpc) is 2.71. The second kappa shape index (κ2) is 9.86. The Morgan fingerprint density at radius 1 is 1.10 bits per heavy atom. The smallest absolute Gasteiger partial charge is 0.273 e. The molecule has 0 spiro atoms. The van der Waals surface area contributed by atoms with Gasteiger partial charge in [-0.2, -0.15) is 5.10 Å². The van der Waals surface area contributed by atoms with Crippen LogP contribution < -0.4 is 5.43 Å². The molecule has 1 amide bonds. The summed E-state index contributed by atoms with van der Waals surface area (Å²) in [6, 6.07) is 21.1. The Bertz CT molecular complexity index is 1040. The summed E-state index contributed by atoms with van der Waals surface area (Å²) in [5.74, 6) is -0.267. The number of amides is 1. The Kier molecular flexibility index (Phi) is 6.99. The summed E-state index contributed by atoms with van der Waals surface area (Å²) in [5, 5.41) is 16.0. The Hall–Kier alpha value is -3.16. The van der Waals surface area contributed by atoms with Crippen LogP contribution in [0.3, 0.4) is 0 Å². The Morgan fingerprint density at radius 2 is 1.83 bits per heavy atom. The maximum atomic E-state index is 11.9. The van der Waals surface area contributed by atoms with E-state index in [1.165, 1.54) is 24.0 Å². The minimum absolute atomic E-state index is 0.0375. The highest BCUT2D eigenvalue weighted by atomic mass is 35.5. The summed E-state index contributed by atoms with van der Waals surface area (Å²) < 4.78 is 0. The van der Waals surface area contributed by atoms with Gasteiger partial charge in [0.05, 0.1) is 22.5 Å². The fourth-order valence-electron chi connectivity index (χ4n) is 2.47. The van der Waals surface area contributed by atoms with E-state index in [0.29, 0.717) is 15.5 Å². The molecule has 0 aliphatic rings. The number of nitrogens with zero attached hydrogens (tertiary/aromatic N) is 2. The van der Waals surface area contributed by atoms with Gasteiger partial charge >= 0.3 is 0 Å². The summed E-state index contributed by atoms with van der Waals surface area (Å²) in [4.78, 5) is 24.3. The molecule has 0 bridgehead atoms. The van der Waals surface area contributed by atoms with Crippen molar-refractivity contribution < 1.29 is 9.72 Å². The Labute approximate surface area is 176 Å². The summed E-state index contributed by atoms with van der Waals surface area (Å²) in [6.45, 7) is 0. The number of rotatable bonds is 7. The molecular weight excluding hydrogens is 410 g/mol. The first-order valence-corrected chi connectivity index (χ1v) is 9.78. The predicted molar refractivity (Wildman–Crippen MR) is 115 cm³/mol. The molecule has 3 aromatic rings. The van der Waals surface area contributed by atoms with Gasteiger partial charge in [0.25, 0.3) is 5.69 Å². The van der Waals surface area contributed by atoms with E-state index in [2.05, 4.69) is 10.5 Å². The van der Waals surface area contributed by atoms with E-state index in [1.807, 2.05) is 30.3 Å². The molecule has 0 radical (unpaired) electrons. The molecule has 0 heterocycles. The van der Waals surface area contributed by atoms with Crippen molar-refractivity contribution in [2.45, 2.75) is 16.2 Å². The molecule has 146 valence electrons. The number of nitro groups is 1. The zero-order valence-corrected chi connectivity index (χ0v) is 16.7. The predicted octanol–water partition coefficient (Wildman–Crippen LogP) is 5.09. The molecule has 3 aromatic carbocycles. The molecular formula is C21H16ClN3O3S. The summed E-state index contributed by atoms with van der Waals surface area (Å²) in [6.07, 6.45) is 1.58. The van der Waals surface area contributed by atoms with Crippen molar-refractivity contribution in [2.75, 3.05) is 0 Å². The van der Waals surface area contributed by atoms with Crippen LogP contribution in [-0.2, 0) is 11.2 Å². The number of hydrogen-bond donors (Lipinski definition) is 1. The van der Waals surface area contributed by atoms with Crippen LogP contribution in [0.4, 0.5) is 5.69 Å². The van der Waals surface area contributed by atoms with Crippen LogP contribution in [0.2, 0.25) is 5.02 Å². The number of nitrogens with one attached hydrogen (secondary N) is 1. The SMILES string of the molecule is O=C(Cc1ccccc1)N/N=C\c1ccc(Sc2ccc(Cl)cc2)c([N+](=O)[O-])c1. The summed E-state index contributed by atoms with van der Waals surface area (Å²) in [5.41, 5.74) is 3.78. The van der Waals surface area contributed by atoms with Gasteiger partial charge in [0, 0.05) is 21.5 Å². The molecule has 0 atom stereocenters. The van der Waals surface area contributed by atoms with E-state index in [1.54, 1.807) is 36.4 Å². The minimum atomic E-state index is -0.441. The number of carbonyl (C=O) groups is 1. The van der Waals surface area contributed by atoms with Gasteiger partial charge in [0.2, 0.25) is 5.91 Å². The normalized spacial score (nSPS) is 10.8. The number of nitro benzene ring substituents is 1.